The van der Waals surface area contributed by atoms with Crippen molar-refractivity contribution in [3.8, 4) is 0 Å². The molecule has 0 bridgehead atoms. The van der Waals surface area contributed by atoms with Crippen LogP contribution in [0.15, 0.2) is 12.2 Å². The molecule has 1 amide bonds. The van der Waals surface area contributed by atoms with Crippen LogP contribution in [0.2, 0.25) is 0 Å². The van der Waals surface area contributed by atoms with E-state index in [0.29, 0.717) is 12.8 Å². The predicted molar refractivity (Wildman–Crippen MR) is 139 cm³/mol. The standard InChI is InChI=1S/C28H55NO4/c1-3-5-7-9-11-13-15-17-19-21-25(31)23-28(33)29-26(24-30)27(32)22-20-18-16-14-12-10-8-6-4-2/h9,11,25-27,30-32H,3-8,10,12-24H2,1-2H3,(H,29,33)/b11-9-. The van der Waals surface area contributed by atoms with Crippen molar-refractivity contribution in [3.63, 3.8) is 0 Å². The molecule has 5 heteroatoms. The SMILES string of the molecule is CCCC/C=C\CCCCCC(O)CC(=O)NC(CO)C(O)CCCCCCCCCCC. The average Bonchev–Trinajstić information content (AvgIpc) is 2.80. The lowest BCUT2D eigenvalue weighted by Gasteiger charge is -2.23. The van der Waals surface area contributed by atoms with Crippen molar-refractivity contribution < 1.29 is 20.1 Å². The summed E-state index contributed by atoms with van der Waals surface area (Å²) in [6.07, 6.45) is 23.0. The smallest absolute Gasteiger partial charge is 0.222 e. The molecule has 3 unspecified atom stereocenters. The number of hydrogen-bond donors (Lipinski definition) is 4. The maximum atomic E-state index is 12.2. The molecular weight excluding hydrogens is 414 g/mol. The Morgan fingerprint density at radius 3 is 1.85 bits per heavy atom. The van der Waals surface area contributed by atoms with Crippen molar-refractivity contribution in [2.45, 2.75) is 154 Å². The Hall–Kier alpha value is -0.910. The highest BCUT2D eigenvalue weighted by Crippen LogP contribution is 2.13. The van der Waals surface area contributed by atoms with Crippen molar-refractivity contribution >= 4 is 5.91 Å². The number of nitrogens with one attached hydrogen (secondary N) is 1. The highest BCUT2D eigenvalue weighted by Gasteiger charge is 2.21. The maximum absolute atomic E-state index is 12.2. The molecule has 33 heavy (non-hydrogen) atoms. The van der Waals surface area contributed by atoms with E-state index >= 15 is 0 Å². The molecule has 0 aliphatic heterocycles. The van der Waals surface area contributed by atoms with Gasteiger partial charge < -0.3 is 20.6 Å². The zero-order valence-corrected chi connectivity index (χ0v) is 21.8. The van der Waals surface area contributed by atoms with Crippen LogP contribution in [0.1, 0.15) is 136 Å². The molecule has 3 atom stereocenters. The largest absolute Gasteiger partial charge is 0.394 e. The van der Waals surface area contributed by atoms with Gasteiger partial charge in [-0.25, -0.2) is 0 Å². The van der Waals surface area contributed by atoms with E-state index in [4.69, 9.17) is 0 Å². The molecule has 0 saturated heterocycles. The minimum atomic E-state index is -0.744. The second-order valence-corrected chi connectivity index (χ2v) is 9.65. The molecule has 0 aromatic heterocycles. The lowest BCUT2D eigenvalue weighted by atomic mass is 10.0. The molecule has 0 rings (SSSR count). The molecule has 0 saturated carbocycles. The molecule has 0 fully saturated rings. The summed E-state index contributed by atoms with van der Waals surface area (Å²) in [7, 11) is 0. The maximum Gasteiger partial charge on any atom is 0.222 e. The van der Waals surface area contributed by atoms with Crippen LogP contribution in [0.3, 0.4) is 0 Å². The Morgan fingerprint density at radius 1 is 0.727 bits per heavy atom. The first-order chi connectivity index (χ1) is 16.0. The third-order valence-corrected chi connectivity index (χ3v) is 6.33. The van der Waals surface area contributed by atoms with Gasteiger partial charge in [-0.15, -0.1) is 0 Å². The highest BCUT2D eigenvalue weighted by molar-refractivity contribution is 5.76. The van der Waals surface area contributed by atoms with E-state index in [1.807, 2.05) is 0 Å². The predicted octanol–water partition coefficient (Wildman–Crippen LogP) is 6.19. The van der Waals surface area contributed by atoms with Gasteiger partial charge in [0.05, 0.1) is 31.3 Å². The lowest BCUT2D eigenvalue weighted by molar-refractivity contribution is -0.125. The number of aliphatic hydroxyl groups excluding tert-OH is 3. The Kier molecular flexibility index (Phi) is 23.6. The van der Waals surface area contributed by atoms with Crippen molar-refractivity contribution in [2.75, 3.05) is 6.61 Å². The van der Waals surface area contributed by atoms with Gasteiger partial charge in [0.1, 0.15) is 0 Å². The first-order valence-electron chi connectivity index (χ1n) is 14.0. The number of rotatable bonds is 24. The van der Waals surface area contributed by atoms with Crippen molar-refractivity contribution in [3.05, 3.63) is 12.2 Å². The number of unbranched alkanes of at least 4 members (excludes halogenated alkanes) is 13. The van der Waals surface area contributed by atoms with Crippen LogP contribution in [0.4, 0.5) is 0 Å². The topological polar surface area (TPSA) is 89.8 Å². The molecular formula is C28H55NO4. The molecule has 0 aromatic carbocycles. The fraction of sp³-hybridized carbons (Fsp3) is 0.893. The molecule has 196 valence electrons. The highest BCUT2D eigenvalue weighted by atomic mass is 16.3. The lowest BCUT2D eigenvalue weighted by Crippen LogP contribution is -2.46. The zero-order chi connectivity index (χ0) is 24.6. The van der Waals surface area contributed by atoms with Crippen molar-refractivity contribution in [2.24, 2.45) is 0 Å². The summed E-state index contributed by atoms with van der Waals surface area (Å²) in [6.45, 7) is 4.14. The zero-order valence-electron chi connectivity index (χ0n) is 21.8. The van der Waals surface area contributed by atoms with Crippen molar-refractivity contribution in [1.29, 1.82) is 0 Å². The van der Waals surface area contributed by atoms with Gasteiger partial charge in [-0.05, 0) is 32.1 Å². The minimum absolute atomic E-state index is 0.0260. The molecule has 0 aromatic rings. The van der Waals surface area contributed by atoms with Gasteiger partial charge in [0.15, 0.2) is 0 Å². The van der Waals surface area contributed by atoms with Gasteiger partial charge in [0, 0.05) is 0 Å². The Labute approximate surface area is 204 Å². The number of amides is 1. The van der Waals surface area contributed by atoms with E-state index in [1.165, 1.54) is 57.8 Å². The molecule has 5 nitrogen and oxygen atoms in total. The van der Waals surface area contributed by atoms with E-state index < -0.39 is 18.2 Å². The molecule has 0 spiro atoms. The summed E-state index contributed by atoms with van der Waals surface area (Å²) >= 11 is 0. The third-order valence-electron chi connectivity index (χ3n) is 6.33. The Balaban J connectivity index is 3.82. The van der Waals surface area contributed by atoms with Crippen LogP contribution in [-0.2, 0) is 4.79 Å². The quantitative estimate of drug-likeness (QED) is 0.100. The van der Waals surface area contributed by atoms with Crippen LogP contribution >= 0.6 is 0 Å². The van der Waals surface area contributed by atoms with E-state index in [-0.39, 0.29) is 18.9 Å². The van der Waals surface area contributed by atoms with Crippen molar-refractivity contribution in [1.82, 2.24) is 5.32 Å². The fourth-order valence-corrected chi connectivity index (χ4v) is 4.09. The van der Waals surface area contributed by atoms with Crippen LogP contribution < -0.4 is 5.32 Å². The number of hydrogen-bond acceptors (Lipinski definition) is 4. The first kappa shape index (κ1) is 32.1. The number of carbonyl (C=O) groups excluding carboxylic acids is 1. The number of allylic oxidation sites excluding steroid dienone is 2. The first-order valence-corrected chi connectivity index (χ1v) is 14.0. The Bertz CT molecular complexity index is 455. The summed E-state index contributed by atoms with van der Waals surface area (Å²) in [5, 5.41) is 32.8. The molecule has 0 radical (unpaired) electrons. The second kappa shape index (κ2) is 24.2. The monoisotopic (exact) mass is 469 g/mol. The Morgan fingerprint density at radius 2 is 1.24 bits per heavy atom. The third kappa shape index (κ3) is 21.4. The van der Waals surface area contributed by atoms with E-state index in [0.717, 1.165) is 44.9 Å². The summed E-state index contributed by atoms with van der Waals surface area (Å²) in [4.78, 5) is 12.2. The fourth-order valence-electron chi connectivity index (χ4n) is 4.09. The van der Waals surface area contributed by atoms with Gasteiger partial charge in [-0.1, -0.05) is 109 Å². The van der Waals surface area contributed by atoms with Gasteiger partial charge in [0.25, 0.3) is 0 Å². The summed E-state index contributed by atoms with van der Waals surface area (Å²) in [6, 6.07) is -0.654. The molecule has 0 aliphatic carbocycles. The van der Waals surface area contributed by atoms with Gasteiger partial charge in [-0.2, -0.15) is 0 Å². The normalized spacial score (nSPS) is 14.5. The van der Waals surface area contributed by atoms with Crippen LogP contribution in [0, 0.1) is 0 Å². The van der Waals surface area contributed by atoms with E-state index in [1.54, 1.807) is 0 Å². The second-order valence-electron chi connectivity index (χ2n) is 9.65. The van der Waals surface area contributed by atoms with Crippen LogP contribution in [0.5, 0.6) is 0 Å². The minimum Gasteiger partial charge on any atom is -0.394 e. The van der Waals surface area contributed by atoms with Gasteiger partial charge >= 0.3 is 0 Å². The van der Waals surface area contributed by atoms with Gasteiger partial charge in [0.2, 0.25) is 5.91 Å². The average molecular weight is 470 g/mol. The summed E-state index contributed by atoms with van der Waals surface area (Å²) in [5.41, 5.74) is 0. The van der Waals surface area contributed by atoms with Gasteiger partial charge in [-0.3, -0.25) is 4.79 Å². The van der Waals surface area contributed by atoms with E-state index in [9.17, 15) is 20.1 Å². The van der Waals surface area contributed by atoms with Crippen LogP contribution in [-0.4, -0.2) is 46.1 Å². The summed E-state index contributed by atoms with van der Waals surface area (Å²) < 4.78 is 0. The molecule has 0 heterocycles. The molecule has 4 N–H and O–H groups in total. The number of aliphatic hydroxyl groups is 3. The van der Waals surface area contributed by atoms with E-state index in [2.05, 4.69) is 31.3 Å². The summed E-state index contributed by atoms with van der Waals surface area (Å²) in [5.74, 6) is -0.300. The van der Waals surface area contributed by atoms with Crippen LogP contribution in [0.25, 0.3) is 0 Å². The molecule has 0 aliphatic rings. The number of carbonyl (C=O) groups is 1.